The van der Waals surface area contributed by atoms with Gasteiger partial charge in [0.2, 0.25) is 0 Å². The summed E-state index contributed by atoms with van der Waals surface area (Å²) in [4.78, 5) is 11.9. The molecule has 0 aliphatic carbocycles. The van der Waals surface area contributed by atoms with Gasteiger partial charge in [0.1, 0.15) is 0 Å². The van der Waals surface area contributed by atoms with Crippen molar-refractivity contribution in [1.82, 2.24) is 0 Å². The van der Waals surface area contributed by atoms with Crippen molar-refractivity contribution in [2.24, 2.45) is 0 Å². The number of carbonyl (C=O) groups is 1. The molecule has 0 aromatic heterocycles. The molecule has 0 aliphatic rings. The molecule has 0 fully saturated rings. The van der Waals surface area contributed by atoms with Crippen LogP contribution in [0.5, 0.6) is 0 Å². The molecule has 0 saturated carbocycles. The topological polar surface area (TPSA) is 17.1 Å². The Labute approximate surface area is 94.4 Å². The van der Waals surface area contributed by atoms with Crippen LogP contribution in [0.4, 0.5) is 0 Å². The molecule has 0 spiro atoms. The van der Waals surface area contributed by atoms with Crippen LogP contribution >= 0.6 is 0 Å². The van der Waals surface area contributed by atoms with E-state index < -0.39 is 0 Å². The molecule has 2 aromatic carbocycles. The SMILES string of the molecule is C=c1cccc/c1=C\C(=O)c1ccccc1. The lowest BCUT2D eigenvalue weighted by Crippen LogP contribution is -2.23. The Kier molecular flexibility index (Phi) is 2.97. The molecule has 0 bridgehead atoms. The lowest BCUT2D eigenvalue weighted by molar-refractivity contribution is 0.106. The first-order valence-electron chi connectivity index (χ1n) is 5.12. The predicted molar refractivity (Wildman–Crippen MR) is 66.5 cm³/mol. The minimum Gasteiger partial charge on any atom is -0.289 e. The van der Waals surface area contributed by atoms with E-state index in [2.05, 4.69) is 6.58 Å². The Morgan fingerprint density at radius 2 is 1.56 bits per heavy atom. The Bertz CT molecular complexity index is 597. The number of ketones is 1. The van der Waals surface area contributed by atoms with E-state index in [9.17, 15) is 4.79 Å². The highest BCUT2D eigenvalue weighted by molar-refractivity contribution is 6.17. The van der Waals surface area contributed by atoms with Crippen molar-refractivity contribution in [3.63, 3.8) is 0 Å². The fourth-order valence-electron chi connectivity index (χ4n) is 1.50. The third-order valence-electron chi connectivity index (χ3n) is 2.40. The first kappa shape index (κ1) is 10.4. The Hall–Kier alpha value is -2.15. The van der Waals surface area contributed by atoms with Crippen molar-refractivity contribution in [2.75, 3.05) is 0 Å². The second kappa shape index (κ2) is 4.58. The highest BCUT2D eigenvalue weighted by Gasteiger charge is 1.99. The summed E-state index contributed by atoms with van der Waals surface area (Å²) < 4.78 is 0. The second-order valence-corrected chi connectivity index (χ2v) is 3.57. The Morgan fingerprint density at radius 1 is 0.938 bits per heavy atom. The fraction of sp³-hybridized carbons (Fsp3) is 0. The molecular weight excluding hydrogens is 196 g/mol. The quantitative estimate of drug-likeness (QED) is 0.687. The molecule has 0 N–H and O–H groups in total. The summed E-state index contributed by atoms with van der Waals surface area (Å²) in [6.45, 7) is 3.88. The van der Waals surface area contributed by atoms with Gasteiger partial charge in [0, 0.05) is 5.56 Å². The molecule has 0 aliphatic heterocycles. The van der Waals surface area contributed by atoms with E-state index in [-0.39, 0.29) is 5.78 Å². The van der Waals surface area contributed by atoms with Gasteiger partial charge in [-0.25, -0.2) is 0 Å². The maximum Gasteiger partial charge on any atom is 0.186 e. The average Bonchev–Trinajstić information content (AvgIpc) is 2.33. The van der Waals surface area contributed by atoms with Crippen molar-refractivity contribution >= 4 is 18.4 Å². The van der Waals surface area contributed by atoms with Gasteiger partial charge in [-0.3, -0.25) is 4.79 Å². The standard InChI is InChI=1S/C15H12O/c1-12-7-5-6-10-14(12)11-15(16)13-8-3-2-4-9-13/h2-11H,1H2/b14-11+. The van der Waals surface area contributed by atoms with Crippen LogP contribution in [0.15, 0.2) is 54.6 Å². The summed E-state index contributed by atoms with van der Waals surface area (Å²) in [5, 5.41) is 1.74. The number of carbonyl (C=O) groups excluding carboxylic acids is 1. The van der Waals surface area contributed by atoms with Crippen LogP contribution in [0.2, 0.25) is 0 Å². The first-order valence-corrected chi connectivity index (χ1v) is 5.12. The van der Waals surface area contributed by atoms with Crippen molar-refractivity contribution in [3.05, 3.63) is 70.6 Å². The van der Waals surface area contributed by atoms with Gasteiger partial charge >= 0.3 is 0 Å². The highest BCUT2D eigenvalue weighted by atomic mass is 16.1. The number of benzene rings is 2. The van der Waals surface area contributed by atoms with Crippen LogP contribution in [0, 0.1) is 0 Å². The summed E-state index contributed by atoms with van der Waals surface area (Å²) in [5.41, 5.74) is 0.700. The molecule has 0 saturated heterocycles. The second-order valence-electron chi connectivity index (χ2n) is 3.57. The number of hydrogen-bond acceptors (Lipinski definition) is 1. The van der Waals surface area contributed by atoms with Crippen molar-refractivity contribution in [1.29, 1.82) is 0 Å². The molecular formula is C15H12O. The average molecular weight is 208 g/mol. The summed E-state index contributed by atoms with van der Waals surface area (Å²) in [7, 11) is 0. The number of rotatable bonds is 2. The summed E-state index contributed by atoms with van der Waals surface area (Å²) in [6.07, 6.45) is 1.62. The van der Waals surface area contributed by atoms with Crippen LogP contribution in [0.3, 0.4) is 0 Å². The van der Waals surface area contributed by atoms with Crippen LogP contribution in [-0.4, -0.2) is 5.78 Å². The van der Waals surface area contributed by atoms with Gasteiger partial charge < -0.3 is 0 Å². The van der Waals surface area contributed by atoms with Gasteiger partial charge in [-0.15, -0.1) is 0 Å². The predicted octanol–water partition coefficient (Wildman–Crippen LogP) is 1.76. The lowest BCUT2D eigenvalue weighted by Gasteiger charge is -1.94. The van der Waals surface area contributed by atoms with E-state index >= 15 is 0 Å². The van der Waals surface area contributed by atoms with E-state index in [0.29, 0.717) is 5.56 Å². The van der Waals surface area contributed by atoms with Crippen molar-refractivity contribution in [2.45, 2.75) is 0 Å². The maximum absolute atomic E-state index is 11.9. The smallest absolute Gasteiger partial charge is 0.186 e. The zero-order valence-electron chi connectivity index (χ0n) is 8.89. The van der Waals surface area contributed by atoms with Crippen LogP contribution < -0.4 is 10.4 Å². The van der Waals surface area contributed by atoms with Crippen LogP contribution in [-0.2, 0) is 0 Å². The number of Topliss-reactive ketones (excluding diaryl/α,β-unsaturated/α-hetero) is 1. The third kappa shape index (κ3) is 2.26. The summed E-state index contributed by atoms with van der Waals surface area (Å²) in [6, 6.07) is 16.8. The van der Waals surface area contributed by atoms with Crippen molar-refractivity contribution < 1.29 is 4.79 Å². The fourth-order valence-corrected chi connectivity index (χ4v) is 1.50. The van der Waals surface area contributed by atoms with Gasteiger partial charge in [0.05, 0.1) is 0 Å². The molecule has 1 nitrogen and oxygen atoms in total. The van der Waals surface area contributed by atoms with Gasteiger partial charge in [-0.05, 0) is 16.5 Å². The number of hydrogen-bond donors (Lipinski definition) is 0. The van der Waals surface area contributed by atoms with Gasteiger partial charge in [-0.2, -0.15) is 0 Å². The molecule has 2 rings (SSSR count). The Morgan fingerprint density at radius 3 is 2.25 bits per heavy atom. The van der Waals surface area contributed by atoms with E-state index in [4.69, 9.17) is 0 Å². The molecule has 0 heterocycles. The lowest BCUT2D eigenvalue weighted by atomic mass is 10.1. The van der Waals surface area contributed by atoms with Gasteiger partial charge in [0.15, 0.2) is 5.78 Å². The third-order valence-corrected chi connectivity index (χ3v) is 2.40. The van der Waals surface area contributed by atoms with Crippen LogP contribution in [0.25, 0.3) is 12.7 Å². The zero-order valence-corrected chi connectivity index (χ0v) is 8.89. The minimum atomic E-state index is 0.0108. The Balaban J connectivity index is 2.44. The van der Waals surface area contributed by atoms with Crippen LogP contribution in [0.1, 0.15) is 10.4 Å². The molecule has 0 amide bonds. The van der Waals surface area contributed by atoms with E-state index in [0.717, 1.165) is 10.4 Å². The summed E-state index contributed by atoms with van der Waals surface area (Å²) in [5.74, 6) is 0.0108. The minimum absolute atomic E-state index is 0.0108. The van der Waals surface area contributed by atoms with Crippen molar-refractivity contribution in [3.8, 4) is 0 Å². The van der Waals surface area contributed by atoms with E-state index in [1.165, 1.54) is 0 Å². The normalized spacial score (nSPS) is 11.4. The summed E-state index contributed by atoms with van der Waals surface area (Å²) >= 11 is 0. The first-order chi connectivity index (χ1) is 7.77. The van der Waals surface area contributed by atoms with E-state index in [1.807, 2.05) is 54.6 Å². The maximum atomic E-state index is 11.9. The molecule has 0 unspecified atom stereocenters. The molecule has 1 heteroatoms. The molecule has 16 heavy (non-hydrogen) atoms. The monoisotopic (exact) mass is 208 g/mol. The van der Waals surface area contributed by atoms with Gasteiger partial charge in [0.25, 0.3) is 0 Å². The highest BCUT2D eigenvalue weighted by Crippen LogP contribution is 1.99. The molecule has 0 atom stereocenters. The van der Waals surface area contributed by atoms with E-state index in [1.54, 1.807) is 6.08 Å². The molecule has 78 valence electrons. The molecule has 0 radical (unpaired) electrons. The van der Waals surface area contributed by atoms with Gasteiger partial charge in [-0.1, -0.05) is 61.2 Å². The zero-order chi connectivity index (χ0) is 11.4. The largest absolute Gasteiger partial charge is 0.289 e. The molecule has 2 aromatic rings.